The summed E-state index contributed by atoms with van der Waals surface area (Å²) in [7, 11) is 0. The Morgan fingerprint density at radius 3 is 2.64 bits per heavy atom. The maximum atomic E-state index is 13.1. The molecule has 128 valence electrons. The molecule has 1 heterocycles. The van der Waals surface area contributed by atoms with E-state index in [4.69, 9.17) is 0 Å². The first-order valence-electron chi connectivity index (χ1n) is 8.84. The number of rotatable bonds is 6. The predicted molar refractivity (Wildman–Crippen MR) is 96.7 cm³/mol. The van der Waals surface area contributed by atoms with Gasteiger partial charge < -0.3 is 4.90 Å². The number of para-hydroxylation sites is 1. The van der Waals surface area contributed by atoms with Gasteiger partial charge in [-0.25, -0.2) is 4.68 Å². The Hall–Kier alpha value is -2.69. The Balaban J connectivity index is 1.56. The molecule has 0 bridgehead atoms. The second-order valence-electron chi connectivity index (χ2n) is 6.82. The maximum Gasteiger partial charge on any atom is 0.244 e. The van der Waals surface area contributed by atoms with Crippen molar-refractivity contribution in [2.24, 2.45) is 5.92 Å². The van der Waals surface area contributed by atoms with Gasteiger partial charge in [-0.05, 0) is 43.4 Å². The zero-order valence-electron chi connectivity index (χ0n) is 14.4. The van der Waals surface area contributed by atoms with E-state index in [0.717, 1.165) is 16.6 Å². The van der Waals surface area contributed by atoms with Crippen molar-refractivity contribution < 1.29 is 4.79 Å². The summed E-state index contributed by atoms with van der Waals surface area (Å²) >= 11 is 0. The highest BCUT2D eigenvalue weighted by molar-refractivity contribution is 5.80. The third kappa shape index (κ3) is 3.40. The van der Waals surface area contributed by atoms with Crippen LogP contribution >= 0.6 is 0 Å². The van der Waals surface area contributed by atoms with Crippen LogP contribution in [0.3, 0.4) is 0 Å². The van der Waals surface area contributed by atoms with Crippen LogP contribution in [0.2, 0.25) is 0 Å². The fourth-order valence-electron chi connectivity index (χ4n) is 3.33. The normalized spacial score (nSPS) is 15.2. The molecule has 1 aliphatic rings. The van der Waals surface area contributed by atoms with Crippen LogP contribution in [0.4, 0.5) is 0 Å². The molecule has 4 rings (SSSR count). The Kier molecular flexibility index (Phi) is 4.22. The van der Waals surface area contributed by atoms with Gasteiger partial charge in [-0.3, -0.25) is 4.79 Å². The van der Waals surface area contributed by atoms with Gasteiger partial charge in [0.05, 0.1) is 5.52 Å². The standard InChI is InChI=1S/C20H22N4O/c1-15(17-11-12-17)23(13-16-7-3-2-4-8-16)20(25)14-24-19-10-6-5-9-18(19)21-22-24/h2-10,15,17H,11-14H2,1H3. The molecule has 25 heavy (non-hydrogen) atoms. The fraction of sp³-hybridized carbons (Fsp3) is 0.350. The van der Waals surface area contributed by atoms with E-state index >= 15 is 0 Å². The van der Waals surface area contributed by atoms with Crippen LogP contribution in [0.5, 0.6) is 0 Å². The lowest BCUT2D eigenvalue weighted by molar-refractivity contribution is -0.135. The Morgan fingerprint density at radius 2 is 1.88 bits per heavy atom. The first-order valence-corrected chi connectivity index (χ1v) is 8.84. The highest BCUT2D eigenvalue weighted by Gasteiger charge is 2.34. The lowest BCUT2D eigenvalue weighted by atomic mass is 10.1. The van der Waals surface area contributed by atoms with Crippen molar-refractivity contribution in [3.05, 3.63) is 60.2 Å². The number of carbonyl (C=O) groups excluding carboxylic acids is 1. The first kappa shape index (κ1) is 15.8. The van der Waals surface area contributed by atoms with Gasteiger partial charge in [0.2, 0.25) is 5.91 Å². The molecule has 5 heteroatoms. The highest BCUT2D eigenvalue weighted by Crippen LogP contribution is 2.35. The lowest BCUT2D eigenvalue weighted by Gasteiger charge is -2.29. The van der Waals surface area contributed by atoms with Crippen molar-refractivity contribution in [2.75, 3.05) is 0 Å². The minimum atomic E-state index is 0.0962. The van der Waals surface area contributed by atoms with Crippen molar-refractivity contribution in [3.8, 4) is 0 Å². The Labute approximate surface area is 147 Å². The largest absolute Gasteiger partial charge is 0.334 e. The highest BCUT2D eigenvalue weighted by atomic mass is 16.2. The van der Waals surface area contributed by atoms with E-state index < -0.39 is 0 Å². The molecular formula is C20H22N4O. The number of carbonyl (C=O) groups is 1. The van der Waals surface area contributed by atoms with Crippen molar-refractivity contribution in [1.29, 1.82) is 0 Å². The Morgan fingerprint density at radius 1 is 1.16 bits per heavy atom. The van der Waals surface area contributed by atoms with Crippen molar-refractivity contribution in [1.82, 2.24) is 19.9 Å². The lowest BCUT2D eigenvalue weighted by Crippen LogP contribution is -2.41. The van der Waals surface area contributed by atoms with Crippen molar-refractivity contribution in [2.45, 2.75) is 38.9 Å². The number of aromatic nitrogens is 3. The SMILES string of the molecule is CC(C1CC1)N(Cc1ccccc1)C(=O)Cn1nnc2ccccc21. The number of benzene rings is 2. The summed E-state index contributed by atoms with van der Waals surface area (Å²) in [5, 5.41) is 8.31. The summed E-state index contributed by atoms with van der Waals surface area (Å²) in [6.07, 6.45) is 2.43. The molecule has 3 aromatic rings. The molecule has 1 atom stereocenters. The second kappa shape index (κ2) is 6.67. The molecule has 5 nitrogen and oxygen atoms in total. The molecule has 1 fully saturated rings. The van der Waals surface area contributed by atoms with Gasteiger partial charge in [0, 0.05) is 12.6 Å². The minimum Gasteiger partial charge on any atom is -0.334 e. The minimum absolute atomic E-state index is 0.0962. The summed E-state index contributed by atoms with van der Waals surface area (Å²) < 4.78 is 1.70. The number of fused-ring (bicyclic) bond motifs is 1. The number of amides is 1. The Bertz CT molecular complexity index is 870. The molecule has 0 aliphatic heterocycles. The van der Waals surface area contributed by atoms with Gasteiger partial charge in [-0.2, -0.15) is 0 Å². The van der Waals surface area contributed by atoms with Crippen LogP contribution in [-0.2, 0) is 17.9 Å². The summed E-state index contributed by atoms with van der Waals surface area (Å²) in [6.45, 7) is 3.03. The van der Waals surface area contributed by atoms with Crippen LogP contribution in [0, 0.1) is 5.92 Å². The zero-order valence-corrected chi connectivity index (χ0v) is 14.4. The molecular weight excluding hydrogens is 312 g/mol. The van der Waals surface area contributed by atoms with Crippen molar-refractivity contribution in [3.63, 3.8) is 0 Å². The quantitative estimate of drug-likeness (QED) is 0.695. The third-order valence-electron chi connectivity index (χ3n) is 5.02. The van der Waals surface area contributed by atoms with E-state index in [9.17, 15) is 4.79 Å². The molecule has 0 spiro atoms. The topological polar surface area (TPSA) is 51.0 Å². The van der Waals surface area contributed by atoms with E-state index in [0.29, 0.717) is 12.5 Å². The van der Waals surface area contributed by atoms with Crippen LogP contribution in [-0.4, -0.2) is 31.8 Å². The van der Waals surface area contributed by atoms with Crippen LogP contribution in [0.25, 0.3) is 11.0 Å². The average Bonchev–Trinajstić information content (AvgIpc) is 3.42. The summed E-state index contributed by atoms with van der Waals surface area (Å²) in [6, 6.07) is 18.2. The molecule has 1 aliphatic carbocycles. The number of nitrogens with zero attached hydrogens (tertiary/aromatic N) is 4. The summed E-state index contributed by atoms with van der Waals surface area (Å²) in [5.41, 5.74) is 2.88. The monoisotopic (exact) mass is 334 g/mol. The predicted octanol–water partition coefficient (Wildman–Crippen LogP) is 3.26. The van der Waals surface area contributed by atoms with Crippen LogP contribution in [0.1, 0.15) is 25.3 Å². The molecule has 1 aromatic heterocycles. The molecule has 2 aromatic carbocycles. The van der Waals surface area contributed by atoms with Crippen molar-refractivity contribution >= 4 is 16.9 Å². The molecule has 0 radical (unpaired) electrons. The van der Waals surface area contributed by atoms with Gasteiger partial charge in [0.15, 0.2) is 0 Å². The number of hydrogen-bond acceptors (Lipinski definition) is 3. The zero-order chi connectivity index (χ0) is 17.2. The smallest absolute Gasteiger partial charge is 0.244 e. The summed E-state index contributed by atoms with van der Waals surface area (Å²) in [5.74, 6) is 0.721. The third-order valence-corrected chi connectivity index (χ3v) is 5.02. The van der Waals surface area contributed by atoms with Crippen LogP contribution in [0.15, 0.2) is 54.6 Å². The van der Waals surface area contributed by atoms with E-state index in [2.05, 4.69) is 29.4 Å². The molecule has 0 saturated heterocycles. The molecule has 1 unspecified atom stereocenters. The molecule has 0 N–H and O–H groups in total. The van der Waals surface area contributed by atoms with Gasteiger partial charge in [-0.15, -0.1) is 5.10 Å². The molecule has 1 saturated carbocycles. The van der Waals surface area contributed by atoms with Gasteiger partial charge >= 0.3 is 0 Å². The summed E-state index contributed by atoms with van der Waals surface area (Å²) in [4.78, 5) is 15.1. The van der Waals surface area contributed by atoms with Crippen LogP contribution < -0.4 is 0 Å². The van der Waals surface area contributed by atoms with E-state index in [1.165, 1.54) is 12.8 Å². The maximum absolute atomic E-state index is 13.1. The average molecular weight is 334 g/mol. The number of hydrogen-bond donors (Lipinski definition) is 0. The van der Waals surface area contributed by atoms with Gasteiger partial charge in [-0.1, -0.05) is 47.7 Å². The molecule has 1 amide bonds. The first-order chi connectivity index (χ1) is 12.2. The second-order valence-corrected chi connectivity index (χ2v) is 6.82. The van der Waals surface area contributed by atoms with E-state index in [-0.39, 0.29) is 18.5 Å². The van der Waals surface area contributed by atoms with E-state index in [1.54, 1.807) is 4.68 Å². The van der Waals surface area contributed by atoms with Gasteiger partial charge in [0.25, 0.3) is 0 Å². The fourth-order valence-corrected chi connectivity index (χ4v) is 3.33. The van der Waals surface area contributed by atoms with Gasteiger partial charge in [0.1, 0.15) is 12.1 Å². The van der Waals surface area contributed by atoms with E-state index in [1.807, 2.05) is 47.4 Å².